The zero-order chi connectivity index (χ0) is 10.4. The van der Waals surface area contributed by atoms with Gasteiger partial charge in [0.2, 0.25) is 0 Å². The summed E-state index contributed by atoms with van der Waals surface area (Å²) in [5.41, 5.74) is 0. The lowest BCUT2D eigenvalue weighted by atomic mass is 10.0. The van der Waals surface area contributed by atoms with Crippen LogP contribution in [0.25, 0.3) is 0 Å². The van der Waals surface area contributed by atoms with Gasteiger partial charge in [-0.25, -0.2) is 4.79 Å². The Morgan fingerprint density at radius 2 is 2.57 bits per heavy atom. The molecule has 0 unspecified atom stereocenters. The van der Waals surface area contributed by atoms with Crippen molar-refractivity contribution in [2.45, 2.75) is 25.0 Å². The van der Waals surface area contributed by atoms with E-state index in [0.717, 1.165) is 6.42 Å². The zero-order valence-electron chi connectivity index (χ0n) is 7.98. The molecule has 1 aliphatic carbocycles. The van der Waals surface area contributed by atoms with Crippen molar-refractivity contribution in [2.24, 2.45) is 0 Å². The Labute approximate surface area is 83.3 Å². The maximum absolute atomic E-state index is 11.1. The first-order chi connectivity index (χ1) is 6.74. The molecule has 2 atom stereocenters. The number of hydrogen-bond acceptors (Lipinski definition) is 3. The number of aliphatic hydroxyl groups is 1. The Morgan fingerprint density at radius 1 is 1.79 bits per heavy atom. The topological polar surface area (TPSA) is 58.6 Å². The quantitative estimate of drug-likeness (QED) is 0.663. The predicted molar refractivity (Wildman–Crippen MR) is 52.8 cm³/mol. The second kappa shape index (κ2) is 5.44. The van der Waals surface area contributed by atoms with Gasteiger partial charge < -0.3 is 15.2 Å². The summed E-state index contributed by atoms with van der Waals surface area (Å²) in [7, 11) is 0. The summed E-state index contributed by atoms with van der Waals surface area (Å²) >= 11 is 0. The smallest absolute Gasteiger partial charge is 0.407 e. The Kier molecular flexibility index (Phi) is 4.19. The zero-order valence-corrected chi connectivity index (χ0v) is 7.98. The molecule has 2 N–H and O–H groups in total. The van der Waals surface area contributed by atoms with Crippen LogP contribution >= 0.6 is 0 Å². The Morgan fingerprint density at radius 3 is 3.21 bits per heavy atom. The van der Waals surface area contributed by atoms with E-state index in [1.807, 2.05) is 6.08 Å². The van der Waals surface area contributed by atoms with Crippen LogP contribution in [0.4, 0.5) is 4.79 Å². The number of alkyl carbamates (subject to hydrolysis) is 1. The highest BCUT2D eigenvalue weighted by Crippen LogP contribution is 2.14. The fourth-order valence-corrected chi connectivity index (χ4v) is 1.25. The number of allylic oxidation sites excluding steroid dienone is 1. The van der Waals surface area contributed by atoms with E-state index in [9.17, 15) is 9.90 Å². The van der Waals surface area contributed by atoms with E-state index in [4.69, 9.17) is 4.74 Å². The van der Waals surface area contributed by atoms with E-state index < -0.39 is 18.3 Å². The van der Waals surface area contributed by atoms with Gasteiger partial charge in [-0.05, 0) is 12.8 Å². The molecule has 0 aromatic carbocycles. The SMILES string of the molecule is C=CCNC(=O)O[C@@H]1CCC=C[C@@H]1O. The fraction of sp³-hybridized carbons (Fsp3) is 0.500. The van der Waals surface area contributed by atoms with Gasteiger partial charge in [0, 0.05) is 6.54 Å². The van der Waals surface area contributed by atoms with Gasteiger partial charge in [0.25, 0.3) is 0 Å². The number of hydrogen-bond donors (Lipinski definition) is 2. The van der Waals surface area contributed by atoms with Crippen molar-refractivity contribution < 1.29 is 14.6 Å². The van der Waals surface area contributed by atoms with Gasteiger partial charge in [0.15, 0.2) is 0 Å². The lowest BCUT2D eigenvalue weighted by Gasteiger charge is -2.23. The van der Waals surface area contributed by atoms with Crippen LogP contribution in [0.3, 0.4) is 0 Å². The second-order valence-electron chi connectivity index (χ2n) is 3.11. The second-order valence-corrected chi connectivity index (χ2v) is 3.11. The number of aliphatic hydroxyl groups excluding tert-OH is 1. The molecule has 0 saturated heterocycles. The van der Waals surface area contributed by atoms with Crippen molar-refractivity contribution in [3.05, 3.63) is 24.8 Å². The molecule has 0 spiro atoms. The lowest BCUT2D eigenvalue weighted by Crippen LogP contribution is -2.36. The van der Waals surface area contributed by atoms with Gasteiger partial charge in [-0.3, -0.25) is 0 Å². The van der Waals surface area contributed by atoms with E-state index in [1.54, 1.807) is 12.2 Å². The van der Waals surface area contributed by atoms with Crippen LogP contribution in [-0.4, -0.2) is 30.0 Å². The predicted octanol–water partition coefficient (Wildman–Crippen LogP) is 0.978. The summed E-state index contributed by atoms with van der Waals surface area (Å²) in [6.45, 7) is 3.84. The van der Waals surface area contributed by atoms with Crippen molar-refractivity contribution in [3.63, 3.8) is 0 Å². The number of nitrogens with one attached hydrogen (secondary N) is 1. The number of ether oxygens (including phenoxy) is 1. The van der Waals surface area contributed by atoms with Crippen LogP contribution in [0, 0.1) is 0 Å². The maximum atomic E-state index is 11.1. The van der Waals surface area contributed by atoms with Crippen molar-refractivity contribution in [1.29, 1.82) is 0 Å². The molecule has 0 bridgehead atoms. The number of rotatable bonds is 3. The van der Waals surface area contributed by atoms with Crippen LogP contribution in [0.2, 0.25) is 0 Å². The molecule has 1 rings (SSSR count). The molecule has 1 aliphatic rings. The average molecular weight is 197 g/mol. The molecule has 0 saturated carbocycles. The normalized spacial score (nSPS) is 25.5. The number of carbonyl (C=O) groups is 1. The minimum atomic E-state index is -0.682. The van der Waals surface area contributed by atoms with E-state index in [-0.39, 0.29) is 0 Å². The van der Waals surface area contributed by atoms with Crippen molar-refractivity contribution in [1.82, 2.24) is 5.32 Å². The molecule has 0 fully saturated rings. The highest BCUT2D eigenvalue weighted by Gasteiger charge is 2.22. The highest BCUT2D eigenvalue weighted by atomic mass is 16.6. The molecule has 0 radical (unpaired) electrons. The minimum Gasteiger partial charge on any atom is -0.443 e. The molecule has 0 heterocycles. The van der Waals surface area contributed by atoms with Gasteiger partial charge in [0.1, 0.15) is 12.2 Å². The summed E-state index contributed by atoms with van der Waals surface area (Å²) < 4.78 is 5.01. The van der Waals surface area contributed by atoms with Crippen molar-refractivity contribution in [2.75, 3.05) is 6.54 Å². The first-order valence-electron chi connectivity index (χ1n) is 4.64. The minimum absolute atomic E-state index is 0.373. The molecular formula is C10H15NO3. The van der Waals surface area contributed by atoms with E-state index in [0.29, 0.717) is 13.0 Å². The summed E-state index contributed by atoms with van der Waals surface area (Å²) in [5, 5.41) is 11.9. The highest BCUT2D eigenvalue weighted by molar-refractivity contribution is 5.67. The third kappa shape index (κ3) is 3.22. The summed E-state index contributed by atoms with van der Waals surface area (Å²) in [5.74, 6) is 0. The Balaban J connectivity index is 2.32. The Bertz CT molecular complexity index is 238. The molecule has 0 aromatic heterocycles. The van der Waals surface area contributed by atoms with Gasteiger partial charge in [0.05, 0.1) is 0 Å². The maximum Gasteiger partial charge on any atom is 0.407 e. The van der Waals surface area contributed by atoms with Crippen LogP contribution in [-0.2, 0) is 4.74 Å². The van der Waals surface area contributed by atoms with E-state index in [2.05, 4.69) is 11.9 Å². The van der Waals surface area contributed by atoms with Gasteiger partial charge in [-0.15, -0.1) is 6.58 Å². The van der Waals surface area contributed by atoms with Crippen LogP contribution < -0.4 is 5.32 Å². The van der Waals surface area contributed by atoms with Crippen molar-refractivity contribution >= 4 is 6.09 Å². The molecule has 4 heteroatoms. The van der Waals surface area contributed by atoms with Crippen molar-refractivity contribution in [3.8, 4) is 0 Å². The van der Waals surface area contributed by atoms with Crippen LogP contribution in [0.5, 0.6) is 0 Å². The number of carbonyl (C=O) groups excluding carboxylic acids is 1. The van der Waals surface area contributed by atoms with Gasteiger partial charge in [-0.2, -0.15) is 0 Å². The molecule has 1 amide bonds. The molecule has 4 nitrogen and oxygen atoms in total. The third-order valence-electron chi connectivity index (χ3n) is 1.98. The molecule has 0 aliphatic heterocycles. The largest absolute Gasteiger partial charge is 0.443 e. The Hall–Kier alpha value is -1.29. The average Bonchev–Trinajstić information content (AvgIpc) is 2.18. The molecule has 14 heavy (non-hydrogen) atoms. The monoisotopic (exact) mass is 197 g/mol. The summed E-state index contributed by atoms with van der Waals surface area (Å²) in [6.07, 6.45) is 4.97. The number of amides is 1. The van der Waals surface area contributed by atoms with Crippen LogP contribution in [0.1, 0.15) is 12.8 Å². The first-order valence-corrected chi connectivity index (χ1v) is 4.64. The van der Waals surface area contributed by atoms with Gasteiger partial charge in [-0.1, -0.05) is 18.2 Å². The fourth-order valence-electron chi connectivity index (χ4n) is 1.25. The van der Waals surface area contributed by atoms with E-state index >= 15 is 0 Å². The van der Waals surface area contributed by atoms with Gasteiger partial charge >= 0.3 is 6.09 Å². The summed E-state index contributed by atoms with van der Waals surface area (Å²) in [4.78, 5) is 11.1. The summed E-state index contributed by atoms with van der Waals surface area (Å²) in [6, 6.07) is 0. The molecular weight excluding hydrogens is 182 g/mol. The van der Waals surface area contributed by atoms with E-state index in [1.165, 1.54) is 0 Å². The third-order valence-corrected chi connectivity index (χ3v) is 1.98. The molecule has 0 aromatic rings. The standard InChI is InChI=1S/C10H15NO3/c1-2-7-11-10(13)14-9-6-4-3-5-8(9)12/h2-3,5,8-9,12H,1,4,6-7H2,(H,11,13)/t8-,9+/m0/s1. The van der Waals surface area contributed by atoms with Crippen LogP contribution in [0.15, 0.2) is 24.8 Å². The lowest BCUT2D eigenvalue weighted by molar-refractivity contribution is 0.0177. The first kappa shape index (κ1) is 10.8. The molecule has 78 valence electrons.